The Hall–Kier alpha value is -2.64. The molecule has 1 aliphatic rings. The van der Waals surface area contributed by atoms with Crippen molar-refractivity contribution in [2.24, 2.45) is 0 Å². The number of piperazine rings is 1. The van der Waals surface area contributed by atoms with Gasteiger partial charge in [-0.15, -0.1) is 0 Å². The Labute approximate surface area is 177 Å². The molecule has 29 heavy (non-hydrogen) atoms. The number of carbonyl (C=O) groups excluding carboxylic acids is 2. The van der Waals surface area contributed by atoms with Crippen LogP contribution in [0.2, 0.25) is 5.02 Å². The van der Waals surface area contributed by atoms with Crippen molar-refractivity contribution < 1.29 is 14.3 Å². The van der Waals surface area contributed by atoms with Crippen molar-refractivity contribution in [1.29, 1.82) is 0 Å². The highest BCUT2D eigenvalue weighted by Crippen LogP contribution is 2.33. The van der Waals surface area contributed by atoms with Crippen molar-refractivity contribution in [2.75, 3.05) is 38.2 Å². The Balaban J connectivity index is 1.43. The third-order valence-corrected chi connectivity index (χ3v) is 6.62. The molecule has 1 aromatic heterocycles. The van der Waals surface area contributed by atoms with Gasteiger partial charge in [0.25, 0.3) is 5.91 Å². The molecule has 1 aliphatic heterocycles. The molecule has 1 saturated heterocycles. The monoisotopic (exact) mass is 429 g/mol. The molecule has 8 heteroatoms. The molecule has 0 aliphatic carbocycles. The number of halogens is 1. The van der Waals surface area contributed by atoms with Crippen LogP contribution >= 0.6 is 22.9 Å². The van der Waals surface area contributed by atoms with E-state index in [0.29, 0.717) is 24.2 Å². The Bertz CT molecular complexity index is 1070. The van der Waals surface area contributed by atoms with Gasteiger partial charge in [-0.2, -0.15) is 0 Å². The van der Waals surface area contributed by atoms with E-state index in [1.807, 2.05) is 24.0 Å². The van der Waals surface area contributed by atoms with Crippen LogP contribution in [0.4, 0.5) is 5.13 Å². The van der Waals surface area contributed by atoms with Crippen molar-refractivity contribution in [3.63, 3.8) is 0 Å². The van der Waals surface area contributed by atoms with Crippen LogP contribution in [0, 0.1) is 6.92 Å². The van der Waals surface area contributed by atoms with Crippen LogP contribution in [0.3, 0.4) is 0 Å². The normalized spacial score (nSPS) is 14.3. The molecule has 0 radical (unpaired) electrons. The van der Waals surface area contributed by atoms with Gasteiger partial charge in [-0.25, -0.2) is 9.78 Å². The summed E-state index contributed by atoms with van der Waals surface area (Å²) in [5, 5.41) is 1.68. The summed E-state index contributed by atoms with van der Waals surface area (Å²) in [6.45, 7) is 4.66. The zero-order valence-electron chi connectivity index (χ0n) is 16.1. The van der Waals surface area contributed by atoms with E-state index in [1.54, 1.807) is 35.6 Å². The summed E-state index contributed by atoms with van der Waals surface area (Å²) in [5.41, 5.74) is 2.94. The highest BCUT2D eigenvalue weighted by Gasteiger charge is 2.24. The second-order valence-corrected chi connectivity index (χ2v) is 8.28. The van der Waals surface area contributed by atoms with E-state index in [2.05, 4.69) is 4.90 Å². The number of methoxy groups -OCH3 is 1. The lowest BCUT2D eigenvalue weighted by Crippen LogP contribution is -2.48. The van der Waals surface area contributed by atoms with Crippen molar-refractivity contribution >= 4 is 50.2 Å². The maximum Gasteiger partial charge on any atom is 0.337 e. The first-order chi connectivity index (χ1) is 14.0. The quantitative estimate of drug-likeness (QED) is 0.589. The van der Waals surface area contributed by atoms with Gasteiger partial charge in [-0.1, -0.05) is 22.9 Å². The van der Waals surface area contributed by atoms with Crippen LogP contribution in [0.5, 0.6) is 0 Å². The Morgan fingerprint density at radius 3 is 2.34 bits per heavy atom. The molecule has 0 unspecified atom stereocenters. The van der Waals surface area contributed by atoms with E-state index < -0.39 is 5.97 Å². The number of aryl methyl sites for hydroxylation is 1. The summed E-state index contributed by atoms with van der Waals surface area (Å²) in [4.78, 5) is 33.1. The first kappa shape index (κ1) is 19.7. The average Bonchev–Trinajstić information content (AvgIpc) is 3.20. The molecule has 0 N–H and O–H groups in total. The molecule has 0 spiro atoms. The van der Waals surface area contributed by atoms with Gasteiger partial charge in [0.1, 0.15) is 0 Å². The lowest BCUT2D eigenvalue weighted by atomic mass is 10.1. The summed E-state index contributed by atoms with van der Waals surface area (Å²) in [5.74, 6) is -0.446. The third kappa shape index (κ3) is 3.80. The third-order valence-electron chi connectivity index (χ3n) is 5.13. The molecule has 1 amide bonds. The summed E-state index contributed by atoms with van der Waals surface area (Å²) in [7, 11) is 1.34. The Morgan fingerprint density at radius 2 is 1.69 bits per heavy atom. The van der Waals surface area contributed by atoms with Crippen LogP contribution in [-0.4, -0.2) is 55.0 Å². The van der Waals surface area contributed by atoms with Gasteiger partial charge in [0.2, 0.25) is 0 Å². The number of carbonyl (C=O) groups is 2. The molecule has 0 atom stereocenters. The molecule has 0 saturated carbocycles. The van der Waals surface area contributed by atoms with Gasteiger partial charge in [-0.3, -0.25) is 4.79 Å². The summed E-state index contributed by atoms with van der Waals surface area (Å²) < 4.78 is 5.81. The topological polar surface area (TPSA) is 62.7 Å². The number of amides is 1. The first-order valence-corrected chi connectivity index (χ1v) is 10.5. The smallest absolute Gasteiger partial charge is 0.337 e. The average molecular weight is 430 g/mol. The number of aromatic nitrogens is 1. The van der Waals surface area contributed by atoms with Crippen LogP contribution in [0.25, 0.3) is 10.2 Å². The fraction of sp³-hybridized carbons (Fsp3) is 0.286. The molecule has 1 fully saturated rings. The van der Waals surface area contributed by atoms with Crippen molar-refractivity contribution in [1.82, 2.24) is 9.88 Å². The van der Waals surface area contributed by atoms with Gasteiger partial charge in [0, 0.05) is 36.8 Å². The van der Waals surface area contributed by atoms with Crippen LogP contribution in [-0.2, 0) is 4.74 Å². The second-order valence-electron chi connectivity index (χ2n) is 6.86. The fourth-order valence-electron chi connectivity index (χ4n) is 3.37. The van der Waals surface area contributed by atoms with Crippen LogP contribution in [0.1, 0.15) is 26.3 Å². The van der Waals surface area contributed by atoms with E-state index in [-0.39, 0.29) is 5.91 Å². The Kier molecular flexibility index (Phi) is 5.43. The number of nitrogens with zero attached hydrogens (tertiary/aromatic N) is 3. The summed E-state index contributed by atoms with van der Waals surface area (Å²) >= 11 is 7.86. The fourth-order valence-corrected chi connectivity index (χ4v) is 4.60. The summed E-state index contributed by atoms with van der Waals surface area (Å²) in [6, 6.07) is 10.5. The minimum atomic E-state index is -0.412. The van der Waals surface area contributed by atoms with Crippen molar-refractivity contribution in [3.05, 3.63) is 58.1 Å². The summed E-state index contributed by atoms with van der Waals surface area (Å²) in [6.07, 6.45) is 0. The van der Waals surface area contributed by atoms with Crippen LogP contribution < -0.4 is 4.90 Å². The number of rotatable bonds is 3. The minimum Gasteiger partial charge on any atom is -0.465 e. The molecule has 0 bridgehead atoms. The van der Waals surface area contributed by atoms with Gasteiger partial charge >= 0.3 is 5.97 Å². The maximum atomic E-state index is 12.8. The van der Waals surface area contributed by atoms with Gasteiger partial charge in [0.05, 0.1) is 22.9 Å². The minimum absolute atomic E-state index is 0.0343. The molecule has 2 heterocycles. The molecule has 4 rings (SSSR count). The zero-order valence-corrected chi connectivity index (χ0v) is 17.7. The predicted octanol–water partition coefficient (Wildman–Crippen LogP) is 4.01. The number of ether oxygens (including phenoxy) is 1. The predicted molar refractivity (Wildman–Crippen MR) is 115 cm³/mol. The van der Waals surface area contributed by atoms with Crippen LogP contribution in [0.15, 0.2) is 36.4 Å². The van der Waals surface area contributed by atoms with E-state index in [9.17, 15) is 9.59 Å². The van der Waals surface area contributed by atoms with Gasteiger partial charge < -0.3 is 14.5 Å². The number of anilines is 1. The number of benzene rings is 2. The van der Waals surface area contributed by atoms with E-state index in [1.165, 1.54) is 7.11 Å². The SMILES string of the molecule is COC(=O)c1ccc(C(=O)N2CCN(c3nc4c(C)c(Cl)ccc4s3)CC2)cc1. The highest BCUT2D eigenvalue weighted by molar-refractivity contribution is 7.22. The number of esters is 1. The Morgan fingerprint density at radius 1 is 1.03 bits per heavy atom. The molecular formula is C21H20ClN3O3S. The standard InChI is InChI=1S/C21H20ClN3O3S/c1-13-16(22)7-8-17-18(13)23-21(29-17)25-11-9-24(10-12-25)19(26)14-3-5-15(6-4-14)20(27)28-2/h3-8H,9-12H2,1-2H3. The maximum absolute atomic E-state index is 12.8. The van der Waals surface area contributed by atoms with E-state index >= 15 is 0 Å². The van der Waals surface area contributed by atoms with Gasteiger partial charge in [-0.05, 0) is 48.9 Å². The number of hydrogen-bond acceptors (Lipinski definition) is 6. The molecule has 150 valence electrons. The number of fused-ring (bicyclic) bond motifs is 1. The number of hydrogen-bond donors (Lipinski definition) is 0. The molecule has 3 aromatic rings. The molecule has 2 aromatic carbocycles. The zero-order chi connectivity index (χ0) is 20.5. The van der Waals surface area contributed by atoms with Crippen molar-refractivity contribution in [2.45, 2.75) is 6.92 Å². The molecular weight excluding hydrogens is 410 g/mol. The highest BCUT2D eigenvalue weighted by atomic mass is 35.5. The molecule has 6 nitrogen and oxygen atoms in total. The second kappa shape index (κ2) is 8.00. The van der Waals surface area contributed by atoms with E-state index in [4.69, 9.17) is 21.3 Å². The number of thiazole rings is 1. The lowest BCUT2D eigenvalue weighted by Gasteiger charge is -2.34. The first-order valence-electron chi connectivity index (χ1n) is 9.26. The largest absolute Gasteiger partial charge is 0.465 e. The lowest BCUT2D eigenvalue weighted by molar-refractivity contribution is 0.0599. The van der Waals surface area contributed by atoms with Gasteiger partial charge in [0.15, 0.2) is 5.13 Å². The van der Waals surface area contributed by atoms with E-state index in [0.717, 1.165) is 39.0 Å². The van der Waals surface area contributed by atoms with Crippen molar-refractivity contribution in [3.8, 4) is 0 Å².